The van der Waals surface area contributed by atoms with E-state index in [9.17, 15) is 0 Å². The van der Waals surface area contributed by atoms with Crippen molar-refractivity contribution in [3.8, 4) is 5.75 Å². The molecule has 3 rings (SSSR count). The van der Waals surface area contributed by atoms with Gasteiger partial charge in [-0.05, 0) is 18.6 Å². The highest BCUT2D eigenvalue weighted by Crippen LogP contribution is 2.17. The molecule has 0 radical (unpaired) electrons. The van der Waals surface area contributed by atoms with Gasteiger partial charge in [0.2, 0.25) is 0 Å². The summed E-state index contributed by atoms with van der Waals surface area (Å²) < 4.78 is 5.65. The molecule has 2 aliphatic rings. The van der Waals surface area contributed by atoms with Gasteiger partial charge in [-0.2, -0.15) is 0 Å². The van der Waals surface area contributed by atoms with E-state index in [4.69, 9.17) is 4.74 Å². The highest BCUT2D eigenvalue weighted by atomic mass is 127. The molecule has 0 amide bonds. The number of hydrogen-bond donors (Lipinski definition) is 1. The molecular weight excluding hydrogens is 417 g/mol. The van der Waals surface area contributed by atoms with Crippen LogP contribution >= 0.6 is 24.0 Å². The molecule has 0 saturated carbocycles. The summed E-state index contributed by atoms with van der Waals surface area (Å²) in [4.78, 5) is 13.3. The van der Waals surface area contributed by atoms with Gasteiger partial charge < -0.3 is 15.0 Å². The minimum atomic E-state index is 0. The van der Waals surface area contributed by atoms with E-state index < -0.39 is 0 Å². The summed E-state index contributed by atoms with van der Waals surface area (Å²) in [7, 11) is 1.84. The van der Waals surface area contributed by atoms with E-state index in [0.29, 0.717) is 12.6 Å². The molecule has 24 heavy (non-hydrogen) atoms. The summed E-state index contributed by atoms with van der Waals surface area (Å²) in [5, 5.41) is 3.39. The average Bonchev–Trinajstić information content (AvgIpc) is 3.27. The van der Waals surface area contributed by atoms with Crippen molar-refractivity contribution in [1.29, 1.82) is 0 Å². The lowest BCUT2D eigenvalue weighted by molar-refractivity contribution is 0.259. The van der Waals surface area contributed by atoms with Crippen molar-refractivity contribution >= 4 is 29.9 Å². The summed E-state index contributed by atoms with van der Waals surface area (Å²) in [6.45, 7) is 5.61. The number of hydrogen-bond acceptors (Lipinski definition) is 4. The lowest BCUT2D eigenvalue weighted by Gasteiger charge is -2.25. The fourth-order valence-corrected chi connectivity index (χ4v) is 3.12. The van der Waals surface area contributed by atoms with Crippen molar-refractivity contribution in [3.05, 3.63) is 36.7 Å². The van der Waals surface area contributed by atoms with Gasteiger partial charge in [-0.1, -0.05) is 12.2 Å². The van der Waals surface area contributed by atoms with Gasteiger partial charge in [0.1, 0.15) is 12.4 Å². The van der Waals surface area contributed by atoms with Gasteiger partial charge in [0.15, 0.2) is 5.96 Å². The smallest absolute Gasteiger partial charge is 0.193 e. The zero-order chi connectivity index (χ0) is 15.9. The average molecular weight is 443 g/mol. The highest BCUT2D eigenvalue weighted by Gasteiger charge is 2.29. The summed E-state index contributed by atoms with van der Waals surface area (Å²) in [5.41, 5.74) is 0. The number of ether oxygens (including phenoxy) is 1. The first-order valence-corrected chi connectivity index (χ1v) is 8.24. The topological polar surface area (TPSA) is 53.0 Å². The molecule has 1 N–H and O–H groups in total. The first-order chi connectivity index (χ1) is 11.4. The van der Waals surface area contributed by atoms with Gasteiger partial charge in [0.25, 0.3) is 0 Å². The minimum absolute atomic E-state index is 0. The molecule has 0 spiro atoms. The van der Waals surface area contributed by atoms with E-state index in [1.54, 1.807) is 12.4 Å². The van der Waals surface area contributed by atoms with Gasteiger partial charge in [-0.15, -0.1) is 24.0 Å². The first-order valence-electron chi connectivity index (χ1n) is 8.24. The number of nitrogens with one attached hydrogen (secondary N) is 1. The van der Waals surface area contributed by atoms with Crippen molar-refractivity contribution in [3.63, 3.8) is 0 Å². The second kappa shape index (κ2) is 9.83. The number of rotatable bonds is 5. The van der Waals surface area contributed by atoms with Crippen molar-refractivity contribution in [2.24, 2.45) is 4.99 Å². The van der Waals surface area contributed by atoms with Crippen LogP contribution in [0, 0.1) is 0 Å². The van der Waals surface area contributed by atoms with Crippen molar-refractivity contribution < 1.29 is 4.74 Å². The predicted molar refractivity (Wildman–Crippen MR) is 107 cm³/mol. The fraction of sp³-hybridized carbons (Fsp3) is 0.529. The Hall–Kier alpha value is -1.35. The molecule has 1 unspecified atom stereocenters. The summed E-state index contributed by atoms with van der Waals surface area (Å²) >= 11 is 0. The Labute approximate surface area is 161 Å². The van der Waals surface area contributed by atoms with Crippen LogP contribution in [0.15, 0.2) is 41.7 Å². The standard InChI is InChI=1S/C17H25N5O.HI/c1-18-17(20-8-12-23-16-5-4-7-19-13-16)22-11-6-15(14-22)21-9-2-3-10-21;/h2-5,7,13,15H,6,8-12,14H2,1H3,(H,18,20);1H. The van der Waals surface area contributed by atoms with E-state index in [0.717, 1.165) is 44.4 Å². The molecule has 132 valence electrons. The van der Waals surface area contributed by atoms with Crippen LogP contribution < -0.4 is 10.1 Å². The minimum Gasteiger partial charge on any atom is -0.490 e. The van der Waals surface area contributed by atoms with Crippen LogP contribution in [0.2, 0.25) is 0 Å². The molecule has 7 heteroatoms. The number of guanidine groups is 1. The monoisotopic (exact) mass is 443 g/mol. The molecule has 1 aromatic heterocycles. The Morgan fingerprint density at radius 1 is 1.42 bits per heavy atom. The fourth-order valence-electron chi connectivity index (χ4n) is 3.12. The molecule has 1 aromatic rings. The van der Waals surface area contributed by atoms with E-state index in [2.05, 4.69) is 37.2 Å². The van der Waals surface area contributed by atoms with Crippen LogP contribution in [0.5, 0.6) is 5.75 Å². The third-order valence-electron chi connectivity index (χ3n) is 4.33. The Kier molecular flexibility index (Phi) is 7.77. The molecular formula is C17H26IN5O. The van der Waals surface area contributed by atoms with E-state index in [1.165, 1.54) is 6.42 Å². The third kappa shape index (κ3) is 5.07. The summed E-state index contributed by atoms with van der Waals surface area (Å²) in [6, 6.07) is 4.42. The molecule has 0 aliphatic carbocycles. The molecule has 0 aromatic carbocycles. The van der Waals surface area contributed by atoms with E-state index in [1.807, 2.05) is 19.2 Å². The maximum Gasteiger partial charge on any atom is 0.193 e. The van der Waals surface area contributed by atoms with E-state index in [-0.39, 0.29) is 24.0 Å². The maximum atomic E-state index is 5.65. The van der Waals surface area contributed by atoms with Gasteiger partial charge in [0, 0.05) is 45.5 Å². The van der Waals surface area contributed by atoms with E-state index >= 15 is 0 Å². The SMILES string of the molecule is CN=C(NCCOc1cccnc1)N1CCC(N2CC=CC2)C1.I. The number of aliphatic imine (C=N–C) groups is 1. The van der Waals surface area contributed by atoms with Crippen molar-refractivity contribution in [2.75, 3.05) is 46.4 Å². The van der Waals surface area contributed by atoms with Crippen LogP contribution in [-0.4, -0.2) is 73.2 Å². The molecule has 3 heterocycles. The Bertz CT molecular complexity index is 543. The quantitative estimate of drug-likeness (QED) is 0.247. The molecule has 1 atom stereocenters. The van der Waals surface area contributed by atoms with Gasteiger partial charge >= 0.3 is 0 Å². The second-order valence-corrected chi connectivity index (χ2v) is 5.83. The van der Waals surface area contributed by atoms with Crippen LogP contribution in [0.25, 0.3) is 0 Å². The predicted octanol–water partition coefficient (Wildman–Crippen LogP) is 1.60. The van der Waals surface area contributed by atoms with Crippen molar-refractivity contribution in [2.45, 2.75) is 12.5 Å². The van der Waals surface area contributed by atoms with Gasteiger partial charge in [-0.3, -0.25) is 14.9 Å². The Morgan fingerprint density at radius 2 is 2.25 bits per heavy atom. The second-order valence-electron chi connectivity index (χ2n) is 5.83. The van der Waals surface area contributed by atoms with Gasteiger partial charge in [0.05, 0.1) is 12.7 Å². The number of aromatic nitrogens is 1. The lowest BCUT2D eigenvalue weighted by atomic mass is 10.2. The third-order valence-corrected chi connectivity index (χ3v) is 4.33. The lowest BCUT2D eigenvalue weighted by Crippen LogP contribution is -2.43. The first kappa shape index (κ1) is 19.0. The maximum absolute atomic E-state index is 5.65. The number of halogens is 1. The molecule has 1 fully saturated rings. The molecule has 0 bridgehead atoms. The zero-order valence-electron chi connectivity index (χ0n) is 14.1. The molecule has 2 aliphatic heterocycles. The van der Waals surface area contributed by atoms with Gasteiger partial charge in [-0.25, -0.2) is 0 Å². The van der Waals surface area contributed by atoms with Crippen molar-refractivity contribution in [1.82, 2.24) is 20.1 Å². The largest absolute Gasteiger partial charge is 0.490 e. The zero-order valence-corrected chi connectivity index (χ0v) is 16.4. The van der Waals surface area contributed by atoms with Crippen LogP contribution in [0.1, 0.15) is 6.42 Å². The number of likely N-dealkylation sites (tertiary alicyclic amines) is 1. The van der Waals surface area contributed by atoms with Crippen LogP contribution in [0.4, 0.5) is 0 Å². The highest BCUT2D eigenvalue weighted by molar-refractivity contribution is 14.0. The molecule has 6 nitrogen and oxygen atoms in total. The van der Waals surface area contributed by atoms with Crippen LogP contribution in [0.3, 0.4) is 0 Å². The van der Waals surface area contributed by atoms with Crippen LogP contribution in [-0.2, 0) is 0 Å². The summed E-state index contributed by atoms with van der Waals surface area (Å²) in [5.74, 6) is 1.77. The number of nitrogens with zero attached hydrogens (tertiary/aromatic N) is 4. The normalized spacial score (nSPS) is 21.0. The number of pyridine rings is 1. The Balaban J connectivity index is 0.00000208. The summed E-state index contributed by atoms with van der Waals surface area (Å²) in [6.07, 6.45) is 9.18. The molecule has 1 saturated heterocycles. The Morgan fingerprint density at radius 3 is 2.96 bits per heavy atom.